The highest BCUT2D eigenvalue weighted by Gasteiger charge is 2.33. The Kier molecular flexibility index (Phi) is 3.87. The second-order valence-electron chi connectivity index (χ2n) is 6.00. The molecule has 1 saturated heterocycles. The molecule has 0 spiro atoms. The summed E-state index contributed by atoms with van der Waals surface area (Å²) in [7, 11) is 0. The average molecular weight is 235 g/mol. The van der Waals surface area contributed by atoms with E-state index in [1.165, 1.54) is 25.0 Å². The Morgan fingerprint density at radius 3 is 3.00 bits per heavy atom. The molecule has 1 aromatic rings. The number of hydrogen-bond acceptors (Lipinski definition) is 2. The lowest BCUT2D eigenvalue weighted by molar-refractivity contribution is 0.449. The maximum Gasteiger partial charge on any atom is 0.0948 e. The van der Waals surface area contributed by atoms with E-state index in [4.69, 9.17) is 0 Å². The van der Waals surface area contributed by atoms with Crippen LogP contribution < -0.4 is 5.32 Å². The molecule has 0 aromatic carbocycles. The fourth-order valence-electron chi connectivity index (χ4n) is 2.71. The van der Waals surface area contributed by atoms with Gasteiger partial charge in [0.1, 0.15) is 0 Å². The summed E-state index contributed by atoms with van der Waals surface area (Å²) in [6.07, 6.45) is 7.83. The maximum absolute atomic E-state index is 4.34. The van der Waals surface area contributed by atoms with Crippen molar-refractivity contribution in [2.24, 2.45) is 5.92 Å². The Balaban J connectivity index is 2.01. The van der Waals surface area contributed by atoms with Gasteiger partial charge in [0.15, 0.2) is 0 Å². The van der Waals surface area contributed by atoms with Crippen LogP contribution >= 0.6 is 0 Å². The molecule has 17 heavy (non-hydrogen) atoms. The van der Waals surface area contributed by atoms with E-state index >= 15 is 0 Å². The summed E-state index contributed by atoms with van der Waals surface area (Å²) < 4.78 is 2.36. The normalized spacial score (nSPS) is 24.7. The van der Waals surface area contributed by atoms with E-state index in [9.17, 15) is 0 Å². The van der Waals surface area contributed by atoms with Gasteiger partial charge in [-0.05, 0) is 31.7 Å². The largest absolute Gasteiger partial charge is 0.334 e. The van der Waals surface area contributed by atoms with Gasteiger partial charge in [-0.1, -0.05) is 20.8 Å². The zero-order valence-corrected chi connectivity index (χ0v) is 11.4. The third-order valence-electron chi connectivity index (χ3n) is 3.88. The first-order valence-electron chi connectivity index (χ1n) is 6.83. The topological polar surface area (TPSA) is 29.9 Å². The van der Waals surface area contributed by atoms with Crippen molar-refractivity contribution in [2.45, 2.75) is 52.0 Å². The second kappa shape index (κ2) is 5.21. The minimum Gasteiger partial charge on any atom is -0.334 e. The van der Waals surface area contributed by atoms with E-state index in [1.54, 1.807) is 0 Å². The molecule has 1 fully saturated rings. The zero-order chi connectivity index (χ0) is 12.3. The van der Waals surface area contributed by atoms with Gasteiger partial charge in [-0.15, -0.1) is 0 Å². The number of rotatable bonds is 5. The summed E-state index contributed by atoms with van der Waals surface area (Å²) in [5.41, 5.74) is 1.69. The van der Waals surface area contributed by atoms with Crippen molar-refractivity contribution < 1.29 is 0 Å². The van der Waals surface area contributed by atoms with E-state index in [1.807, 2.05) is 6.33 Å². The van der Waals surface area contributed by atoms with Crippen molar-refractivity contribution in [1.29, 1.82) is 0 Å². The van der Waals surface area contributed by atoms with E-state index in [0.717, 1.165) is 25.6 Å². The highest BCUT2D eigenvalue weighted by molar-refractivity contribution is 5.17. The van der Waals surface area contributed by atoms with Gasteiger partial charge in [0, 0.05) is 30.4 Å². The van der Waals surface area contributed by atoms with Gasteiger partial charge >= 0.3 is 0 Å². The van der Waals surface area contributed by atoms with Crippen LogP contribution in [-0.2, 0) is 12.0 Å². The maximum atomic E-state index is 4.34. The molecular formula is C14H25N3. The predicted octanol–water partition coefficient (Wildman–Crippen LogP) is 2.57. The van der Waals surface area contributed by atoms with Crippen molar-refractivity contribution >= 4 is 0 Å². The van der Waals surface area contributed by atoms with E-state index < -0.39 is 0 Å². The van der Waals surface area contributed by atoms with Crippen LogP contribution in [0.5, 0.6) is 0 Å². The van der Waals surface area contributed by atoms with Crippen molar-refractivity contribution in [1.82, 2.24) is 14.9 Å². The summed E-state index contributed by atoms with van der Waals surface area (Å²) in [4.78, 5) is 4.34. The first-order chi connectivity index (χ1) is 8.12. The molecule has 1 N–H and O–H groups in total. The fourth-order valence-corrected chi connectivity index (χ4v) is 2.71. The number of nitrogens with zero attached hydrogens (tertiary/aromatic N) is 2. The van der Waals surface area contributed by atoms with E-state index in [0.29, 0.717) is 0 Å². The smallest absolute Gasteiger partial charge is 0.0948 e. The van der Waals surface area contributed by atoms with Crippen molar-refractivity contribution in [3.63, 3.8) is 0 Å². The van der Waals surface area contributed by atoms with Crippen molar-refractivity contribution in [2.75, 3.05) is 13.1 Å². The fraction of sp³-hybridized carbons (Fsp3) is 0.786. The molecule has 1 aromatic heterocycles. The first-order valence-corrected chi connectivity index (χ1v) is 6.83. The Labute approximate surface area is 105 Å². The lowest BCUT2D eigenvalue weighted by Gasteiger charge is -2.24. The lowest BCUT2D eigenvalue weighted by atomic mass is 9.86. The van der Waals surface area contributed by atoms with Crippen LogP contribution in [0.1, 0.15) is 45.7 Å². The summed E-state index contributed by atoms with van der Waals surface area (Å²) in [5, 5.41) is 3.46. The van der Waals surface area contributed by atoms with Gasteiger partial charge in [0.2, 0.25) is 0 Å². The molecule has 96 valence electrons. The van der Waals surface area contributed by atoms with Crippen molar-refractivity contribution in [3.8, 4) is 0 Å². The van der Waals surface area contributed by atoms with Crippen LogP contribution in [0.3, 0.4) is 0 Å². The van der Waals surface area contributed by atoms with E-state index in [2.05, 4.69) is 41.8 Å². The molecule has 3 nitrogen and oxygen atoms in total. The highest BCUT2D eigenvalue weighted by atomic mass is 15.1. The molecule has 2 heterocycles. The van der Waals surface area contributed by atoms with Gasteiger partial charge in [-0.2, -0.15) is 0 Å². The number of aryl methyl sites for hydroxylation is 1. The Morgan fingerprint density at radius 1 is 1.53 bits per heavy atom. The number of nitrogens with one attached hydrogen (secondary N) is 1. The SMILES string of the molecule is CC(C)CCCn1cncc1C1(C)CCNC1. The molecule has 0 bridgehead atoms. The molecule has 0 radical (unpaired) electrons. The van der Waals surface area contributed by atoms with Gasteiger partial charge in [-0.3, -0.25) is 0 Å². The molecule has 2 rings (SSSR count). The van der Waals surface area contributed by atoms with E-state index in [-0.39, 0.29) is 5.41 Å². The van der Waals surface area contributed by atoms with Gasteiger partial charge in [0.25, 0.3) is 0 Å². The Bertz CT molecular complexity index is 348. The number of hydrogen-bond donors (Lipinski definition) is 1. The molecule has 1 aliphatic heterocycles. The molecule has 1 aliphatic rings. The zero-order valence-electron chi connectivity index (χ0n) is 11.4. The Hall–Kier alpha value is -0.830. The molecule has 0 aliphatic carbocycles. The average Bonchev–Trinajstić information content (AvgIpc) is 2.87. The molecule has 1 unspecified atom stereocenters. The molecular weight excluding hydrogens is 210 g/mol. The minimum absolute atomic E-state index is 0.286. The standard InChI is InChI=1S/C14H25N3/c1-12(2)5-4-8-17-11-16-9-13(17)14(3)6-7-15-10-14/h9,11-12,15H,4-8,10H2,1-3H3. The summed E-state index contributed by atoms with van der Waals surface area (Å²) >= 11 is 0. The Morgan fingerprint density at radius 2 is 2.35 bits per heavy atom. The lowest BCUT2D eigenvalue weighted by Crippen LogP contribution is -2.28. The third-order valence-corrected chi connectivity index (χ3v) is 3.88. The summed E-state index contributed by atoms with van der Waals surface area (Å²) in [5.74, 6) is 0.797. The number of imidazole rings is 1. The monoisotopic (exact) mass is 235 g/mol. The quantitative estimate of drug-likeness (QED) is 0.850. The van der Waals surface area contributed by atoms with Crippen LogP contribution in [0.2, 0.25) is 0 Å². The summed E-state index contributed by atoms with van der Waals surface area (Å²) in [6.45, 7) is 10.3. The molecule has 3 heteroatoms. The molecule has 1 atom stereocenters. The molecule has 0 amide bonds. The first kappa shape index (κ1) is 12.6. The third kappa shape index (κ3) is 2.89. The second-order valence-corrected chi connectivity index (χ2v) is 6.00. The minimum atomic E-state index is 0.286. The van der Waals surface area contributed by atoms with Gasteiger partial charge in [-0.25, -0.2) is 4.98 Å². The van der Waals surface area contributed by atoms with Crippen LogP contribution in [0.15, 0.2) is 12.5 Å². The number of aromatic nitrogens is 2. The summed E-state index contributed by atoms with van der Waals surface area (Å²) in [6, 6.07) is 0. The van der Waals surface area contributed by atoms with Gasteiger partial charge in [0.05, 0.1) is 6.33 Å². The van der Waals surface area contributed by atoms with Crippen molar-refractivity contribution in [3.05, 3.63) is 18.2 Å². The van der Waals surface area contributed by atoms with Gasteiger partial charge < -0.3 is 9.88 Å². The van der Waals surface area contributed by atoms with Crippen LogP contribution in [-0.4, -0.2) is 22.6 Å². The van der Waals surface area contributed by atoms with Crippen LogP contribution in [0, 0.1) is 5.92 Å². The molecule has 0 saturated carbocycles. The predicted molar refractivity (Wildman–Crippen MR) is 71.1 cm³/mol. The van der Waals surface area contributed by atoms with Crippen LogP contribution in [0.4, 0.5) is 0 Å². The van der Waals surface area contributed by atoms with Crippen LogP contribution in [0.25, 0.3) is 0 Å². The highest BCUT2D eigenvalue weighted by Crippen LogP contribution is 2.29.